The van der Waals surface area contributed by atoms with Crippen LogP contribution in [0.3, 0.4) is 0 Å². The van der Waals surface area contributed by atoms with Gasteiger partial charge in [0.05, 0.1) is 5.56 Å². The Bertz CT molecular complexity index is 584. The minimum atomic E-state index is -0.994. The highest BCUT2D eigenvalue weighted by Gasteiger charge is 2.09. The van der Waals surface area contributed by atoms with Gasteiger partial charge in [-0.2, -0.15) is 0 Å². The first-order chi connectivity index (χ1) is 8.08. The number of aryl methyl sites for hydroxylation is 1. The largest absolute Gasteiger partial charge is 0.478 e. The van der Waals surface area contributed by atoms with Gasteiger partial charge in [0.25, 0.3) is 0 Å². The first-order valence-electron chi connectivity index (χ1n) is 4.94. The molecule has 0 fully saturated rings. The Morgan fingerprint density at radius 3 is 2.71 bits per heavy atom. The number of rotatable bonds is 2. The fraction of sp³-hybridized carbons (Fsp3) is 0.0833. The number of nitrogens with zero attached hydrogens (tertiary/aromatic N) is 2. The molecule has 0 saturated carbocycles. The Balaban J connectivity index is 2.48. The number of aromatic carboxylic acids is 1. The predicted octanol–water partition coefficient (Wildman–Crippen LogP) is 2.44. The summed E-state index contributed by atoms with van der Waals surface area (Å²) in [6, 6.07) is 6.64. The third-order valence-corrected chi connectivity index (χ3v) is 2.65. The maximum atomic E-state index is 10.8. The first kappa shape index (κ1) is 11.6. The van der Waals surface area contributed by atoms with Crippen LogP contribution in [0.15, 0.2) is 35.4 Å². The van der Waals surface area contributed by atoms with Crippen LogP contribution in [-0.2, 0) is 0 Å². The second kappa shape index (κ2) is 4.55. The van der Waals surface area contributed by atoms with Gasteiger partial charge in [-0.3, -0.25) is 0 Å². The monoisotopic (exact) mass is 246 g/mol. The predicted molar refractivity (Wildman–Crippen MR) is 66.4 cm³/mol. The number of aromatic nitrogens is 2. The van der Waals surface area contributed by atoms with Crippen molar-refractivity contribution in [1.29, 1.82) is 0 Å². The summed E-state index contributed by atoms with van der Waals surface area (Å²) in [5, 5.41) is 8.89. The van der Waals surface area contributed by atoms with Crippen LogP contribution in [0.2, 0.25) is 0 Å². The van der Waals surface area contributed by atoms with Crippen LogP contribution < -0.4 is 0 Å². The highest BCUT2D eigenvalue weighted by atomic mass is 32.1. The Morgan fingerprint density at radius 2 is 2.12 bits per heavy atom. The van der Waals surface area contributed by atoms with E-state index in [-0.39, 0.29) is 5.56 Å². The van der Waals surface area contributed by atoms with E-state index in [9.17, 15) is 4.79 Å². The van der Waals surface area contributed by atoms with Crippen LogP contribution in [0.1, 0.15) is 16.1 Å². The third-order valence-electron chi connectivity index (χ3n) is 2.28. The highest BCUT2D eigenvalue weighted by Crippen LogP contribution is 2.22. The fourth-order valence-electron chi connectivity index (χ4n) is 1.44. The minimum Gasteiger partial charge on any atom is -0.478 e. The second-order valence-electron chi connectivity index (χ2n) is 3.56. The van der Waals surface area contributed by atoms with E-state index in [1.165, 1.54) is 6.07 Å². The Kier molecular flexibility index (Phi) is 3.10. The second-order valence-corrected chi connectivity index (χ2v) is 4.04. The lowest BCUT2D eigenvalue weighted by Crippen LogP contribution is -1.98. The quantitative estimate of drug-likeness (QED) is 0.799. The van der Waals surface area contributed by atoms with Crippen molar-refractivity contribution >= 4 is 18.6 Å². The average molecular weight is 246 g/mol. The van der Waals surface area contributed by atoms with Gasteiger partial charge in [-0.1, -0.05) is 6.07 Å². The summed E-state index contributed by atoms with van der Waals surface area (Å²) >= 11 is 4.15. The maximum absolute atomic E-state index is 10.8. The SMILES string of the molecule is Cc1ccnc(-c2ccc(C(=O)O)c(S)c2)n1. The van der Waals surface area contributed by atoms with Crippen molar-refractivity contribution in [3.63, 3.8) is 0 Å². The number of carboxylic acid groups (broad SMARTS) is 1. The van der Waals surface area contributed by atoms with Crippen LogP contribution in [0.25, 0.3) is 11.4 Å². The van der Waals surface area contributed by atoms with Crippen molar-refractivity contribution in [2.75, 3.05) is 0 Å². The number of carbonyl (C=O) groups is 1. The van der Waals surface area contributed by atoms with Crippen molar-refractivity contribution in [1.82, 2.24) is 9.97 Å². The molecule has 0 atom stereocenters. The van der Waals surface area contributed by atoms with Crippen molar-refractivity contribution in [3.8, 4) is 11.4 Å². The summed E-state index contributed by atoms with van der Waals surface area (Å²) in [5.41, 5.74) is 1.78. The van der Waals surface area contributed by atoms with Crippen LogP contribution in [-0.4, -0.2) is 21.0 Å². The molecule has 0 saturated heterocycles. The molecule has 2 rings (SSSR count). The van der Waals surface area contributed by atoms with Crippen LogP contribution in [0.4, 0.5) is 0 Å². The summed E-state index contributed by atoms with van der Waals surface area (Å²) in [7, 11) is 0. The Labute approximate surface area is 104 Å². The van der Waals surface area contributed by atoms with E-state index in [2.05, 4.69) is 22.6 Å². The zero-order valence-electron chi connectivity index (χ0n) is 9.08. The minimum absolute atomic E-state index is 0.171. The molecule has 1 aromatic carbocycles. The van der Waals surface area contributed by atoms with Crippen LogP contribution in [0.5, 0.6) is 0 Å². The van der Waals surface area contributed by atoms with Crippen LogP contribution >= 0.6 is 12.6 Å². The molecule has 1 heterocycles. The smallest absolute Gasteiger partial charge is 0.336 e. The molecular weight excluding hydrogens is 236 g/mol. The molecule has 5 heteroatoms. The van der Waals surface area contributed by atoms with Crippen molar-refractivity contribution < 1.29 is 9.90 Å². The van der Waals surface area contributed by atoms with E-state index in [4.69, 9.17) is 5.11 Å². The van der Waals surface area contributed by atoms with E-state index in [1.54, 1.807) is 24.4 Å². The lowest BCUT2D eigenvalue weighted by atomic mass is 10.1. The van der Waals surface area contributed by atoms with Gasteiger partial charge in [-0.25, -0.2) is 14.8 Å². The van der Waals surface area contributed by atoms with Gasteiger partial charge < -0.3 is 5.11 Å². The third kappa shape index (κ3) is 2.45. The number of hydrogen-bond donors (Lipinski definition) is 2. The molecule has 1 N–H and O–H groups in total. The topological polar surface area (TPSA) is 63.1 Å². The van der Waals surface area contributed by atoms with Gasteiger partial charge in [-0.15, -0.1) is 12.6 Å². The molecule has 0 radical (unpaired) electrons. The van der Waals surface area contributed by atoms with E-state index in [0.717, 1.165) is 11.3 Å². The van der Waals surface area contributed by atoms with E-state index in [1.807, 2.05) is 6.92 Å². The average Bonchev–Trinajstić information content (AvgIpc) is 2.28. The number of thiol groups is 1. The zero-order chi connectivity index (χ0) is 12.4. The van der Waals surface area contributed by atoms with Gasteiger partial charge in [0.15, 0.2) is 5.82 Å². The van der Waals surface area contributed by atoms with Crippen molar-refractivity contribution in [2.45, 2.75) is 11.8 Å². The van der Waals surface area contributed by atoms with Gasteiger partial charge >= 0.3 is 5.97 Å². The molecule has 0 bridgehead atoms. The summed E-state index contributed by atoms with van der Waals surface area (Å²) in [5.74, 6) is -0.427. The lowest BCUT2D eigenvalue weighted by molar-refractivity contribution is 0.0693. The van der Waals surface area contributed by atoms with E-state index >= 15 is 0 Å². The maximum Gasteiger partial charge on any atom is 0.336 e. The number of benzene rings is 1. The van der Waals surface area contributed by atoms with Gasteiger partial charge in [0, 0.05) is 22.3 Å². The van der Waals surface area contributed by atoms with Crippen molar-refractivity contribution in [2.24, 2.45) is 0 Å². The summed E-state index contributed by atoms with van der Waals surface area (Å²) in [6.45, 7) is 1.87. The highest BCUT2D eigenvalue weighted by molar-refractivity contribution is 7.80. The van der Waals surface area contributed by atoms with Crippen molar-refractivity contribution in [3.05, 3.63) is 41.7 Å². The molecular formula is C12H10N2O2S. The molecule has 0 aliphatic carbocycles. The normalized spacial score (nSPS) is 10.2. The molecule has 0 unspecified atom stereocenters. The molecule has 86 valence electrons. The molecule has 2 aromatic rings. The molecule has 1 aromatic heterocycles. The molecule has 0 amide bonds. The molecule has 0 aliphatic heterocycles. The molecule has 4 nitrogen and oxygen atoms in total. The summed E-state index contributed by atoms with van der Waals surface area (Å²) in [6.07, 6.45) is 1.67. The lowest BCUT2D eigenvalue weighted by Gasteiger charge is -2.04. The van der Waals surface area contributed by atoms with Gasteiger partial charge in [-0.05, 0) is 25.1 Å². The molecule has 17 heavy (non-hydrogen) atoms. The Morgan fingerprint density at radius 1 is 1.35 bits per heavy atom. The number of carboxylic acids is 1. The standard InChI is InChI=1S/C12H10N2O2S/c1-7-4-5-13-11(14-7)8-2-3-9(12(15)16)10(17)6-8/h2-6,17H,1H3,(H,15,16). The number of hydrogen-bond acceptors (Lipinski definition) is 4. The van der Waals surface area contributed by atoms with Gasteiger partial charge in [0.2, 0.25) is 0 Å². The fourth-order valence-corrected chi connectivity index (χ4v) is 1.75. The molecule has 0 spiro atoms. The molecule has 0 aliphatic rings. The summed E-state index contributed by atoms with van der Waals surface area (Å²) < 4.78 is 0. The van der Waals surface area contributed by atoms with Gasteiger partial charge in [0.1, 0.15) is 0 Å². The summed E-state index contributed by atoms with van der Waals surface area (Å²) in [4.78, 5) is 19.6. The Hall–Kier alpha value is -1.88. The van der Waals surface area contributed by atoms with E-state index < -0.39 is 5.97 Å². The van der Waals surface area contributed by atoms with Crippen LogP contribution in [0, 0.1) is 6.92 Å². The zero-order valence-corrected chi connectivity index (χ0v) is 9.98. The van der Waals surface area contributed by atoms with E-state index in [0.29, 0.717) is 10.7 Å². The first-order valence-corrected chi connectivity index (χ1v) is 5.39.